The van der Waals surface area contributed by atoms with Crippen molar-refractivity contribution in [1.29, 1.82) is 0 Å². The van der Waals surface area contributed by atoms with Gasteiger partial charge in [0.1, 0.15) is 15.5 Å². The predicted molar refractivity (Wildman–Crippen MR) is 156 cm³/mol. The van der Waals surface area contributed by atoms with Crippen molar-refractivity contribution >= 4 is 65.6 Å². The van der Waals surface area contributed by atoms with Gasteiger partial charge in [0, 0.05) is 45.2 Å². The van der Waals surface area contributed by atoms with Crippen LogP contribution < -0.4 is 9.64 Å². The van der Waals surface area contributed by atoms with Crippen LogP contribution in [0.2, 0.25) is 4.34 Å². The SMILES string of the molecule is COc1ccc(C)c2sc(N(CCCN3CCOCC3)C(=O)C3CCN(S(=O)(=O)c4ccc(Cl)s4)CC3)nc12. The summed E-state index contributed by atoms with van der Waals surface area (Å²) in [5.41, 5.74) is 1.85. The molecule has 0 aliphatic carbocycles. The van der Waals surface area contributed by atoms with E-state index < -0.39 is 10.0 Å². The maximum atomic E-state index is 14.0. The lowest BCUT2D eigenvalue weighted by molar-refractivity contribution is -0.123. The lowest BCUT2D eigenvalue weighted by Crippen LogP contribution is -2.45. The van der Waals surface area contributed by atoms with Gasteiger partial charge in [0.05, 0.1) is 29.4 Å². The van der Waals surface area contributed by atoms with Gasteiger partial charge in [-0.15, -0.1) is 11.3 Å². The number of benzene rings is 1. The Hall–Kier alpha value is -1.80. The highest BCUT2D eigenvalue weighted by Gasteiger charge is 2.35. The summed E-state index contributed by atoms with van der Waals surface area (Å²) >= 11 is 8.54. The normalized spacial score (nSPS) is 18.0. The second kappa shape index (κ2) is 12.4. The van der Waals surface area contributed by atoms with Crippen LogP contribution in [0.5, 0.6) is 5.75 Å². The number of aryl methyl sites for hydroxylation is 1. The Labute approximate surface area is 242 Å². The van der Waals surface area contributed by atoms with Gasteiger partial charge in [-0.2, -0.15) is 4.31 Å². The molecule has 39 heavy (non-hydrogen) atoms. The standard InChI is InChI=1S/C26H33ClN4O5S3/c1-18-4-5-20(35-2)23-24(18)38-26(28-23)31(11-3-10-29-14-16-36-17-15-29)25(32)19-8-12-30(13-9-19)39(33,34)22-7-6-21(27)37-22/h4-7,19H,3,8-17H2,1-2H3. The van der Waals surface area contributed by atoms with Crippen LogP contribution >= 0.6 is 34.3 Å². The third-order valence-corrected chi connectivity index (χ3v) is 12.1. The molecule has 13 heteroatoms. The zero-order chi connectivity index (χ0) is 27.6. The van der Waals surface area contributed by atoms with Crippen LogP contribution in [-0.2, 0) is 19.6 Å². The van der Waals surface area contributed by atoms with E-state index in [0.717, 1.165) is 66.4 Å². The van der Waals surface area contributed by atoms with Gasteiger partial charge in [-0.3, -0.25) is 14.6 Å². The maximum Gasteiger partial charge on any atom is 0.252 e. The number of hydrogen-bond acceptors (Lipinski definition) is 9. The highest BCUT2D eigenvalue weighted by atomic mass is 35.5. The smallest absolute Gasteiger partial charge is 0.252 e. The number of thiazole rings is 1. The molecule has 0 atom stereocenters. The summed E-state index contributed by atoms with van der Waals surface area (Å²) in [4.78, 5) is 23.0. The number of carbonyl (C=O) groups excluding carboxylic acids is 1. The molecule has 1 aromatic carbocycles. The van der Waals surface area contributed by atoms with Gasteiger partial charge in [0.25, 0.3) is 10.0 Å². The summed E-state index contributed by atoms with van der Waals surface area (Å²) < 4.78 is 40.3. The van der Waals surface area contributed by atoms with Crippen molar-refractivity contribution in [3.8, 4) is 5.75 Å². The van der Waals surface area contributed by atoms with Crippen LogP contribution in [0.1, 0.15) is 24.8 Å². The molecule has 4 heterocycles. The Morgan fingerprint density at radius 1 is 1.15 bits per heavy atom. The van der Waals surface area contributed by atoms with Crippen LogP contribution in [0.3, 0.4) is 0 Å². The summed E-state index contributed by atoms with van der Waals surface area (Å²) in [7, 11) is -1.99. The topological polar surface area (TPSA) is 92.3 Å². The van der Waals surface area contributed by atoms with E-state index in [9.17, 15) is 13.2 Å². The van der Waals surface area contributed by atoms with Crippen molar-refractivity contribution in [2.24, 2.45) is 5.92 Å². The van der Waals surface area contributed by atoms with Crippen molar-refractivity contribution in [2.45, 2.75) is 30.4 Å². The first-order valence-electron chi connectivity index (χ1n) is 13.1. The zero-order valence-electron chi connectivity index (χ0n) is 22.1. The van der Waals surface area contributed by atoms with Crippen molar-refractivity contribution < 1.29 is 22.7 Å². The minimum atomic E-state index is -3.62. The molecule has 1 amide bonds. The average molecular weight is 613 g/mol. The van der Waals surface area contributed by atoms with E-state index in [1.807, 2.05) is 24.0 Å². The summed E-state index contributed by atoms with van der Waals surface area (Å²) in [5, 5.41) is 0.660. The molecule has 0 bridgehead atoms. The molecule has 2 aromatic heterocycles. The maximum absolute atomic E-state index is 14.0. The first-order valence-corrected chi connectivity index (χ1v) is 16.5. The van der Waals surface area contributed by atoms with Crippen LogP contribution in [-0.4, -0.2) is 88.1 Å². The number of ether oxygens (including phenoxy) is 2. The molecule has 0 spiro atoms. The van der Waals surface area contributed by atoms with E-state index in [1.165, 1.54) is 15.6 Å². The van der Waals surface area contributed by atoms with E-state index in [-0.39, 0.29) is 16.0 Å². The number of methoxy groups -OCH3 is 1. The van der Waals surface area contributed by atoms with E-state index in [1.54, 1.807) is 19.2 Å². The number of amides is 1. The Kier molecular flexibility index (Phi) is 9.11. The van der Waals surface area contributed by atoms with Gasteiger partial charge < -0.3 is 9.47 Å². The first kappa shape index (κ1) is 28.7. The number of piperidine rings is 1. The average Bonchev–Trinajstić information content (AvgIpc) is 3.60. The number of nitrogens with zero attached hydrogens (tertiary/aromatic N) is 4. The second-order valence-corrected chi connectivity index (χ2v) is 14.7. The summed E-state index contributed by atoms with van der Waals surface area (Å²) in [6.07, 6.45) is 1.74. The van der Waals surface area contributed by atoms with Gasteiger partial charge in [-0.25, -0.2) is 13.4 Å². The fourth-order valence-corrected chi connectivity index (χ4v) is 9.27. The Morgan fingerprint density at radius 3 is 2.56 bits per heavy atom. The number of anilines is 1. The molecular formula is C26H33ClN4O5S3. The molecule has 2 saturated heterocycles. The summed E-state index contributed by atoms with van der Waals surface area (Å²) in [6.45, 7) is 7.31. The molecule has 3 aromatic rings. The molecule has 212 valence electrons. The minimum Gasteiger partial charge on any atom is -0.494 e. The molecular weight excluding hydrogens is 580 g/mol. The number of carbonyl (C=O) groups is 1. The van der Waals surface area contributed by atoms with Gasteiger partial charge in [-0.1, -0.05) is 29.0 Å². The highest BCUT2D eigenvalue weighted by Crippen LogP contribution is 2.38. The molecule has 0 radical (unpaired) electrons. The second-order valence-electron chi connectivity index (χ2n) is 9.79. The van der Waals surface area contributed by atoms with E-state index >= 15 is 0 Å². The Balaban J connectivity index is 1.33. The van der Waals surface area contributed by atoms with Gasteiger partial charge >= 0.3 is 0 Å². The number of aromatic nitrogens is 1. The van der Waals surface area contributed by atoms with Crippen LogP contribution in [0.15, 0.2) is 28.5 Å². The summed E-state index contributed by atoms with van der Waals surface area (Å²) in [5.74, 6) is 0.414. The van der Waals surface area contributed by atoms with E-state index in [2.05, 4.69) is 4.90 Å². The highest BCUT2D eigenvalue weighted by molar-refractivity contribution is 7.91. The van der Waals surface area contributed by atoms with Crippen molar-refractivity contribution in [3.05, 3.63) is 34.2 Å². The largest absolute Gasteiger partial charge is 0.494 e. The predicted octanol–water partition coefficient (Wildman–Crippen LogP) is 4.48. The molecule has 2 aliphatic heterocycles. The molecule has 2 fully saturated rings. The first-order chi connectivity index (χ1) is 18.8. The lowest BCUT2D eigenvalue weighted by atomic mass is 9.96. The fourth-order valence-electron chi connectivity index (χ4n) is 5.08. The number of sulfonamides is 1. The van der Waals surface area contributed by atoms with Crippen molar-refractivity contribution in [1.82, 2.24) is 14.2 Å². The third kappa shape index (κ3) is 6.27. The van der Waals surface area contributed by atoms with Crippen molar-refractivity contribution in [2.75, 3.05) is 64.5 Å². The zero-order valence-corrected chi connectivity index (χ0v) is 25.3. The van der Waals surface area contributed by atoms with Crippen LogP contribution in [0.25, 0.3) is 10.2 Å². The Morgan fingerprint density at radius 2 is 1.90 bits per heavy atom. The number of morpholine rings is 1. The Bertz CT molecular complexity index is 1410. The number of halogens is 1. The minimum absolute atomic E-state index is 0.00358. The molecule has 0 saturated carbocycles. The quantitative estimate of drug-likeness (QED) is 0.352. The molecule has 5 rings (SSSR count). The molecule has 2 aliphatic rings. The number of thiophene rings is 1. The van der Waals surface area contributed by atoms with Crippen LogP contribution in [0.4, 0.5) is 5.13 Å². The van der Waals surface area contributed by atoms with Crippen molar-refractivity contribution in [3.63, 3.8) is 0 Å². The summed E-state index contributed by atoms with van der Waals surface area (Å²) in [6, 6.07) is 7.05. The molecule has 9 nitrogen and oxygen atoms in total. The van der Waals surface area contributed by atoms with E-state index in [0.29, 0.717) is 47.7 Å². The van der Waals surface area contributed by atoms with Gasteiger partial charge in [0.15, 0.2) is 5.13 Å². The van der Waals surface area contributed by atoms with Gasteiger partial charge in [-0.05, 0) is 49.9 Å². The fraction of sp³-hybridized carbons (Fsp3) is 0.538. The number of hydrogen-bond donors (Lipinski definition) is 0. The molecule has 0 N–H and O–H groups in total. The lowest BCUT2D eigenvalue weighted by Gasteiger charge is -2.33. The van der Waals surface area contributed by atoms with E-state index in [4.69, 9.17) is 26.1 Å². The van der Waals surface area contributed by atoms with Crippen LogP contribution in [0, 0.1) is 12.8 Å². The van der Waals surface area contributed by atoms with Gasteiger partial charge in [0.2, 0.25) is 5.91 Å². The molecule has 0 unspecified atom stereocenters. The number of rotatable bonds is 9. The monoisotopic (exact) mass is 612 g/mol. The third-order valence-electron chi connectivity index (χ3n) is 7.31. The number of fused-ring (bicyclic) bond motifs is 1.